The molecule has 6 nitrogen and oxygen atoms in total. The molecule has 0 aliphatic carbocycles. The number of nitrogens with zero attached hydrogens (tertiary/aromatic N) is 2. The molecule has 0 N–H and O–H groups in total. The number of hydrogen-bond acceptors (Lipinski definition) is 6. The summed E-state index contributed by atoms with van der Waals surface area (Å²) in [5.41, 5.74) is 2.66. The zero-order valence-corrected chi connectivity index (χ0v) is 13.2. The Morgan fingerprint density at radius 2 is 2.04 bits per heavy atom. The summed E-state index contributed by atoms with van der Waals surface area (Å²) in [6.45, 7) is 3.60. The molecular formula is C16H12N2O4S. The second-order valence-electron chi connectivity index (χ2n) is 5.10. The van der Waals surface area contributed by atoms with Crippen LogP contribution in [0.2, 0.25) is 0 Å². The highest BCUT2D eigenvalue weighted by Gasteiger charge is 2.28. The number of thiophene rings is 1. The van der Waals surface area contributed by atoms with Crippen LogP contribution >= 0.6 is 11.3 Å². The van der Waals surface area contributed by atoms with Crippen molar-refractivity contribution in [2.24, 2.45) is 5.16 Å². The maximum Gasteiger partial charge on any atom is 0.368 e. The largest absolute Gasteiger partial charge is 0.368 e. The Kier molecular flexibility index (Phi) is 3.79. The molecule has 0 atom stereocenters. The number of rotatable bonds is 3. The molecule has 1 aromatic heterocycles. The molecule has 3 rings (SSSR count). The van der Waals surface area contributed by atoms with Crippen LogP contribution in [0.15, 0.2) is 40.4 Å². The van der Waals surface area contributed by atoms with E-state index in [1.54, 1.807) is 25.1 Å². The second-order valence-corrected chi connectivity index (χ2v) is 6.05. The van der Waals surface area contributed by atoms with Crippen molar-refractivity contribution in [3.8, 4) is 0 Å². The molecule has 0 spiro atoms. The van der Waals surface area contributed by atoms with Crippen LogP contribution in [0.5, 0.6) is 0 Å². The van der Waals surface area contributed by atoms with Crippen LogP contribution in [0.25, 0.3) is 6.08 Å². The van der Waals surface area contributed by atoms with E-state index in [9.17, 15) is 14.9 Å². The minimum atomic E-state index is -0.559. The molecule has 0 radical (unpaired) electrons. The molecule has 1 aliphatic heterocycles. The summed E-state index contributed by atoms with van der Waals surface area (Å²) >= 11 is 1.50. The fourth-order valence-electron chi connectivity index (χ4n) is 2.23. The predicted molar refractivity (Wildman–Crippen MR) is 87.5 cm³/mol. The van der Waals surface area contributed by atoms with E-state index in [2.05, 4.69) is 5.16 Å². The highest BCUT2D eigenvalue weighted by atomic mass is 32.1. The highest BCUT2D eigenvalue weighted by Crippen LogP contribution is 2.27. The van der Waals surface area contributed by atoms with Crippen molar-refractivity contribution in [3.63, 3.8) is 0 Å². The fourth-order valence-corrected chi connectivity index (χ4v) is 3.09. The normalized spacial score (nSPS) is 15.7. The zero-order chi connectivity index (χ0) is 16.6. The number of nitro benzene ring substituents is 1. The highest BCUT2D eigenvalue weighted by molar-refractivity contribution is 7.11. The first-order valence-electron chi connectivity index (χ1n) is 6.78. The summed E-state index contributed by atoms with van der Waals surface area (Å²) in [6, 6.07) is 6.68. The molecule has 1 aromatic carbocycles. The predicted octanol–water partition coefficient (Wildman–Crippen LogP) is 3.62. The summed E-state index contributed by atoms with van der Waals surface area (Å²) in [5.74, 6) is -0.559. The Labute approximate surface area is 135 Å². The van der Waals surface area contributed by atoms with Gasteiger partial charge in [-0.1, -0.05) is 17.3 Å². The van der Waals surface area contributed by atoms with Gasteiger partial charge in [0.05, 0.1) is 10.5 Å². The smallest absolute Gasteiger partial charge is 0.312 e. The molecule has 2 heterocycles. The minimum Gasteiger partial charge on any atom is -0.312 e. The standard InChI is InChI=1S/C16H12N2O4S/c1-9-3-4-11(7-13(9)18(20)21)15-12(16(19)22-17-15)8-14-10(2)5-6-23-14/h3-8H,1-2H3. The van der Waals surface area contributed by atoms with Crippen molar-refractivity contribution in [2.75, 3.05) is 0 Å². The van der Waals surface area contributed by atoms with Crippen LogP contribution in [0.1, 0.15) is 21.6 Å². The van der Waals surface area contributed by atoms with Crippen molar-refractivity contribution in [1.82, 2.24) is 0 Å². The molecule has 0 amide bonds. The first kappa shape index (κ1) is 15.1. The lowest BCUT2D eigenvalue weighted by molar-refractivity contribution is -0.385. The van der Waals surface area contributed by atoms with Crippen LogP contribution in [-0.4, -0.2) is 16.6 Å². The molecule has 0 unspecified atom stereocenters. The number of carbonyl (C=O) groups excluding carboxylic acids is 1. The number of oxime groups is 1. The molecular weight excluding hydrogens is 316 g/mol. The molecule has 7 heteroatoms. The Morgan fingerprint density at radius 3 is 2.70 bits per heavy atom. The topological polar surface area (TPSA) is 81.8 Å². The lowest BCUT2D eigenvalue weighted by atomic mass is 10.00. The summed E-state index contributed by atoms with van der Waals surface area (Å²) < 4.78 is 0. The van der Waals surface area contributed by atoms with Crippen molar-refractivity contribution < 1.29 is 14.6 Å². The Balaban J connectivity index is 2.07. The molecule has 23 heavy (non-hydrogen) atoms. The lowest BCUT2D eigenvalue weighted by Gasteiger charge is -2.03. The van der Waals surface area contributed by atoms with Crippen LogP contribution in [0.4, 0.5) is 5.69 Å². The number of aryl methyl sites for hydroxylation is 2. The Hall–Kier alpha value is -2.80. The van der Waals surface area contributed by atoms with E-state index in [1.807, 2.05) is 18.4 Å². The van der Waals surface area contributed by atoms with Gasteiger partial charge in [0.1, 0.15) is 5.71 Å². The van der Waals surface area contributed by atoms with Gasteiger partial charge in [-0.3, -0.25) is 10.1 Å². The molecule has 0 saturated heterocycles. The maximum absolute atomic E-state index is 11.9. The van der Waals surface area contributed by atoms with Crippen molar-refractivity contribution in [2.45, 2.75) is 13.8 Å². The monoisotopic (exact) mass is 328 g/mol. The molecule has 116 valence electrons. The van der Waals surface area contributed by atoms with Crippen molar-refractivity contribution >= 4 is 34.8 Å². The third-order valence-corrected chi connectivity index (χ3v) is 4.52. The van der Waals surface area contributed by atoms with Gasteiger partial charge >= 0.3 is 5.97 Å². The molecule has 2 aromatic rings. The van der Waals surface area contributed by atoms with Crippen LogP contribution < -0.4 is 0 Å². The van der Waals surface area contributed by atoms with E-state index >= 15 is 0 Å². The van der Waals surface area contributed by atoms with Gasteiger partial charge in [0, 0.05) is 22.1 Å². The van der Waals surface area contributed by atoms with Gasteiger partial charge in [-0.25, -0.2) is 4.79 Å². The molecule has 0 fully saturated rings. The maximum atomic E-state index is 11.9. The molecule has 0 bridgehead atoms. The van der Waals surface area contributed by atoms with Gasteiger partial charge in [-0.05, 0) is 36.9 Å². The average molecular weight is 328 g/mol. The van der Waals surface area contributed by atoms with Gasteiger partial charge in [0.25, 0.3) is 5.69 Å². The van der Waals surface area contributed by atoms with E-state index in [-0.39, 0.29) is 5.69 Å². The van der Waals surface area contributed by atoms with Crippen LogP contribution in [0, 0.1) is 24.0 Å². The average Bonchev–Trinajstić information content (AvgIpc) is 3.07. The van der Waals surface area contributed by atoms with E-state index < -0.39 is 10.9 Å². The summed E-state index contributed by atoms with van der Waals surface area (Å²) in [6.07, 6.45) is 1.71. The number of carbonyl (C=O) groups is 1. The minimum absolute atomic E-state index is 0.0174. The van der Waals surface area contributed by atoms with Gasteiger partial charge in [0.2, 0.25) is 0 Å². The van der Waals surface area contributed by atoms with Crippen LogP contribution in [0.3, 0.4) is 0 Å². The first-order chi connectivity index (χ1) is 11.0. The van der Waals surface area contributed by atoms with E-state index in [0.29, 0.717) is 22.4 Å². The zero-order valence-electron chi connectivity index (χ0n) is 12.4. The number of hydrogen-bond donors (Lipinski definition) is 0. The quantitative estimate of drug-likeness (QED) is 0.373. The molecule has 0 saturated carbocycles. The summed E-state index contributed by atoms with van der Waals surface area (Å²) in [5, 5.41) is 16.8. The van der Waals surface area contributed by atoms with E-state index in [4.69, 9.17) is 4.84 Å². The first-order valence-corrected chi connectivity index (χ1v) is 7.66. The van der Waals surface area contributed by atoms with Gasteiger partial charge < -0.3 is 4.84 Å². The Morgan fingerprint density at radius 1 is 1.26 bits per heavy atom. The van der Waals surface area contributed by atoms with Gasteiger partial charge in [-0.2, -0.15) is 0 Å². The number of benzene rings is 1. The SMILES string of the molecule is Cc1ccc(C2=NOC(=O)C2=Cc2sccc2C)cc1[N+](=O)[O-]. The fraction of sp³-hybridized carbons (Fsp3) is 0.125. The third-order valence-electron chi connectivity index (χ3n) is 3.55. The second kappa shape index (κ2) is 5.77. The van der Waals surface area contributed by atoms with Gasteiger partial charge in [0.15, 0.2) is 0 Å². The van der Waals surface area contributed by atoms with E-state index in [1.165, 1.54) is 17.4 Å². The molecule has 1 aliphatic rings. The summed E-state index contributed by atoms with van der Waals surface area (Å²) in [7, 11) is 0. The Bertz CT molecular complexity index is 880. The van der Waals surface area contributed by atoms with Crippen molar-refractivity contribution in [1.29, 1.82) is 0 Å². The van der Waals surface area contributed by atoms with E-state index in [0.717, 1.165) is 10.4 Å². The lowest BCUT2D eigenvalue weighted by Crippen LogP contribution is -2.07. The third kappa shape index (κ3) is 2.78. The summed E-state index contributed by atoms with van der Waals surface area (Å²) in [4.78, 5) is 28.3. The van der Waals surface area contributed by atoms with Crippen LogP contribution in [-0.2, 0) is 9.63 Å². The number of nitro groups is 1. The van der Waals surface area contributed by atoms with Crippen molar-refractivity contribution in [3.05, 3.63) is 66.9 Å². The van der Waals surface area contributed by atoms with Gasteiger partial charge in [-0.15, -0.1) is 11.3 Å².